The highest BCUT2D eigenvalue weighted by Crippen LogP contribution is 2.22. The number of thioether (sulfide) groups is 1. The number of halogens is 2. The van der Waals surface area contributed by atoms with Crippen LogP contribution in [0, 0.1) is 5.82 Å². The highest BCUT2D eigenvalue weighted by atomic mass is 79.9. The van der Waals surface area contributed by atoms with E-state index in [-0.39, 0.29) is 11.7 Å². The highest BCUT2D eigenvalue weighted by Gasteiger charge is 2.11. The minimum Gasteiger partial charge on any atom is -0.494 e. The molecule has 2 aromatic rings. The number of benzene rings is 2. The van der Waals surface area contributed by atoms with Crippen molar-refractivity contribution in [3.63, 3.8) is 0 Å². The van der Waals surface area contributed by atoms with E-state index >= 15 is 0 Å². The summed E-state index contributed by atoms with van der Waals surface area (Å²) in [7, 11) is 3.14. The molecule has 0 aliphatic carbocycles. The molecule has 0 fully saturated rings. The van der Waals surface area contributed by atoms with Crippen LogP contribution in [-0.4, -0.2) is 30.7 Å². The van der Waals surface area contributed by atoms with Crippen molar-refractivity contribution in [2.75, 3.05) is 19.9 Å². The van der Waals surface area contributed by atoms with Gasteiger partial charge in [0.2, 0.25) is 5.91 Å². The molecule has 0 bridgehead atoms. The van der Waals surface area contributed by atoms with Crippen molar-refractivity contribution >= 4 is 33.6 Å². The first-order valence-electron chi connectivity index (χ1n) is 6.94. The van der Waals surface area contributed by atoms with Crippen molar-refractivity contribution in [3.8, 4) is 5.75 Å². The van der Waals surface area contributed by atoms with Gasteiger partial charge < -0.3 is 9.64 Å². The molecule has 2 rings (SSSR count). The fourth-order valence-corrected chi connectivity index (χ4v) is 3.06. The van der Waals surface area contributed by atoms with Crippen LogP contribution in [0.1, 0.15) is 5.56 Å². The van der Waals surface area contributed by atoms with Crippen LogP contribution in [0.4, 0.5) is 4.39 Å². The van der Waals surface area contributed by atoms with E-state index in [0.29, 0.717) is 12.3 Å². The SMILES string of the molecule is COc1ccc(CN(C)C(=O)CSc2ccc(Br)cc2)cc1F. The zero-order valence-corrected chi connectivity index (χ0v) is 15.3. The first-order chi connectivity index (χ1) is 11.0. The summed E-state index contributed by atoms with van der Waals surface area (Å²) in [6.07, 6.45) is 0. The minimum atomic E-state index is -0.421. The molecule has 0 N–H and O–H groups in total. The topological polar surface area (TPSA) is 29.5 Å². The number of rotatable bonds is 6. The Balaban J connectivity index is 1.89. The van der Waals surface area contributed by atoms with Gasteiger partial charge in [0.1, 0.15) is 0 Å². The number of hydrogen-bond donors (Lipinski definition) is 0. The van der Waals surface area contributed by atoms with Crippen molar-refractivity contribution in [3.05, 3.63) is 58.3 Å². The number of carbonyl (C=O) groups is 1. The molecule has 0 saturated carbocycles. The lowest BCUT2D eigenvalue weighted by molar-refractivity contribution is -0.127. The van der Waals surface area contributed by atoms with Crippen LogP contribution in [0.25, 0.3) is 0 Å². The van der Waals surface area contributed by atoms with Gasteiger partial charge in [-0.25, -0.2) is 4.39 Å². The van der Waals surface area contributed by atoms with Gasteiger partial charge in [-0.1, -0.05) is 22.0 Å². The van der Waals surface area contributed by atoms with Crippen molar-refractivity contribution in [2.24, 2.45) is 0 Å². The van der Waals surface area contributed by atoms with Gasteiger partial charge in [-0.2, -0.15) is 0 Å². The Morgan fingerprint density at radius 1 is 1.26 bits per heavy atom. The van der Waals surface area contributed by atoms with E-state index in [0.717, 1.165) is 14.9 Å². The van der Waals surface area contributed by atoms with Crippen LogP contribution >= 0.6 is 27.7 Å². The van der Waals surface area contributed by atoms with Crippen LogP contribution in [0.2, 0.25) is 0 Å². The second kappa shape index (κ2) is 8.36. The molecule has 0 aliphatic rings. The molecule has 3 nitrogen and oxygen atoms in total. The first kappa shape index (κ1) is 17.8. The summed E-state index contributed by atoms with van der Waals surface area (Å²) in [6.45, 7) is 0.362. The molecule has 0 unspecified atom stereocenters. The Kier molecular flexibility index (Phi) is 6.47. The maximum absolute atomic E-state index is 13.7. The third-order valence-corrected chi connectivity index (χ3v) is 4.76. The number of methoxy groups -OCH3 is 1. The summed E-state index contributed by atoms with van der Waals surface area (Å²) in [6, 6.07) is 12.5. The van der Waals surface area contributed by atoms with Gasteiger partial charge >= 0.3 is 0 Å². The molecule has 0 aliphatic heterocycles. The summed E-state index contributed by atoms with van der Waals surface area (Å²) >= 11 is 4.86. The molecule has 0 saturated heterocycles. The number of hydrogen-bond acceptors (Lipinski definition) is 3. The highest BCUT2D eigenvalue weighted by molar-refractivity contribution is 9.10. The largest absolute Gasteiger partial charge is 0.494 e. The predicted octanol–water partition coefficient (Wildman–Crippen LogP) is 4.35. The van der Waals surface area contributed by atoms with Crippen molar-refractivity contribution in [1.82, 2.24) is 4.90 Å². The van der Waals surface area contributed by atoms with Crippen molar-refractivity contribution < 1.29 is 13.9 Å². The molecule has 1 amide bonds. The van der Waals surface area contributed by atoms with Crippen LogP contribution in [0.15, 0.2) is 51.8 Å². The third-order valence-electron chi connectivity index (χ3n) is 3.24. The van der Waals surface area contributed by atoms with Crippen molar-refractivity contribution in [2.45, 2.75) is 11.4 Å². The first-order valence-corrected chi connectivity index (χ1v) is 8.72. The molecule has 6 heteroatoms. The predicted molar refractivity (Wildman–Crippen MR) is 94.3 cm³/mol. The number of amides is 1. The number of nitrogens with zero attached hydrogens (tertiary/aromatic N) is 1. The molecule has 0 heterocycles. The molecule has 2 aromatic carbocycles. The second-order valence-electron chi connectivity index (χ2n) is 4.96. The van der Waals surface area contributed by atoms with Gasteiger partial charge in [0, 0.05) is 23.0 Å². The van der Waals surface area contributed by atoms with E-state index in [2.05, 4.69) is 15.9 Å². The second-order valence-corrected chi connectivity index (χ2v) is 6.93. The summed E-state index contributed by atoms with van der Waals surface area (Å²) in [5, 5.41) is 0. The quantitative estimate of drug-likeness (QED) is 0.678. The van der Waals surface area contributed by atoms with Crippen LogP contribution in [0.5, 0.6) is 5.75 Å². The fourth-order valence-electron chi connectivity index (χ4n) is 1.96. The van der Waals surface area contributed by atoms with Gasteiger partial charge in [0.15, 0.2) is 11.6 Å². The van der Waals surface area contributed by atoms with E-state index < -0.39 is 5.82 Å². The van der Waals surface area contributed by atoms with Gasteiger partial charge in [-0.15, -0.1) is 11.8 Å². The smallest absolute Gasteiger partial charge is 0.232 e. The zero-order chi connectivity index (χ0) is 16.8. The molecule has 0 atom stereocenters. The normalized spacial score (nSPS) is 10.4. The molecule has 0 aromatic heterocycles. The molecular weight excluding hydrogens is 381 g/mol. The van der Waals surface area contributed by atoms with Crippen LogP contribution < -0.4 is 4.74 Å². The molecule has 23 heavy (non-hydrogen) atoms. The van der Waals surface area contributed by atoms with Crippen molar-refractivity contribution in [1.29, 1.82) is 0 Å². The summed E-state index contributed by atoms with van der Waals surface area (Å²) < 4.78 is 19.6. The molecule has 0 spiro atoms. The number of ether oxygens (including phenoxy) is 1. The zero-order valence-electron chi connectivity index (χ0n) is 12.9. The van der Waals surface area contributed by atoms with E-state index in [1.165, 1.54) is 24.9 Å². The standard InChI is InChI=1S/C17H17BrFNO2S/c1-20(10-12-3-8-16(22-2)15(19)9-12)17(21)11-23-14-6-4-13(18)5-7-14/h3-9H,10-11H2,1-2H3. The Morgan fingerprint density at radius 2 is 1.96 bits per heavy atom. The van der Waals surface area contributed by atoms with E-state index in [4.69, 9.17) is 4.74 Å². The maximum Gasteiger partial charge on any atom is 0.232 e. The summed E-state index contributed by atoms with van der Waals surface area (Å²) in [5.74, 6) is 0.120. The van der Waals surface area contributed by atoms with Gasteiger partial charge in [-0.3, -0.25) is 4.79 Å². The Hall–Kier alpha value is -1.53. The van der Waals surface area contributed by atoms with Gasteiger partial charge in [-0.05, 0) is 42.0 Å². The maximum atomic E-state index is 13.7. The fraction of sp³-hybridized carbons (Fsp3) is 0.235. The van der Waals surface area contributed by atoms with E-state index in [9.17, 15) is 9.18 Å². The minimum absolute atomic E-state index is 0.00542. The Morgan fingerprint density at radius 3 is 2.57 bits per heavy atom. The van der Waals surface area contributed by atoms with Crippen LogP contribution in [0.3, 0.4) is 0 Å². The lowest BCUT2D eigenvalue weighted by Gasteiger charge is -2.17. The van der Waals surface area contributed by atoms with E-state index in [1.54, 1.807) is 24.1 Å². The third kappa shape index (κ3) is 5.25. The number of carbonyl (C=O) groups excluding carboxylic acids is 1. The van der Waals surface area contributed by atoms with E-state index in [1.807, 2.05) is 24.3 Å². The lowest BCUT2D eigenvalue weighted by atomic mass is 10.2. The van der Waals surface area contributed by atoms with Gasteiger partial charge in [0.05, 0.1) is 12.9 Å². The lowest BCUT2D eigenvalue weighted by Crippen LogP contribution is -2.27. The van der Waals surface area contributed by atoms with Crippen LogP contribution in [-0.2, 0) is 11.3 Å². The Bertz CT molecular complexity index is 679. The molecule has 0 radical (unpaired) electrons. The summed E-state index contributed by atoms with van der Waals surface area (Å²) in [5.41, 5.74) is 0.729. The monoisotopic (exact) mass is 397 g/mol. The average Bonchev–Trinajstić information content (AvgIpc) is 2.54. The molecular formula is C17H17BrFNO2S. The average molecular weight is 398 g/mol. The summed E-state index contributed by atoms with van der Waals surface area (Å²) in [4.78, 5) is 14.8. The molecule has 122 valence electrons. The Labute approximate surface area is 148 Å². The van der Waals surface area contributed by atoms with Gasteiger partial charge in [0.25, 0.3) is 0 Å².